The van der Waals surface area contributed by atoms with Crippen molar-refractivity contribution < 1.29 is 4.79 Å². The van der Waals surface area contributed by atoms with Crippen molar-refractivity contribution in [2.45, 2.75) is 19.9 Å². The van der Waals surface area contributed by atoms with E-state index >= 15 is 0 Å². The summed E-state index contributed by atoms with van der Waals surface area (Å²) in [7, 11) is 0. The third-order valence-electron chi connectivity index (χ3n) is 4.69. The van der Waals surface area contributed by atoms with E-state index in [1.165, 1.54) is 5.56 Å². The Morgan fingerprint density at radius 1 is 0.862 bits per heavy atom. The van der Waals surface area contributed by atoms with E-state index in [1.54, 1.807) is 11.3 Å². The normalized spacial score (nSPS) is 10.7. The number of benzene rings is 3. The summed E-state index contributed by atoms with van der Waals surface area (Å²) in [6.07, 6.45) is 0.263. The molecule has 3 aromatic carbocycles. The van der Waals surface area contributed by atoms with E-state index in [1.807, 2.05) is 48.5 Å². The molecule has 3 nitrogen and oxygen atoms in total. The predicted octanol–water partition coefficient (Wildman–Crippen LogP) is 5.64. The summed E-state index contributed by atoms with van der Waals surface area (Å²) < 4.78 is 0. The van der Waals surface area contributed by atoms with Crippen molar-refractivity contribution in [3.8, 4) is 21.0 Å². The lowest BCUT2D eigenvalue weighted by Crippen LogP contribution is -2.24. The zero-order valence-electron chi connectivity index (χ0n) is 16.3. The lowest BCUT2D eigenvalue weighted by molar-refractivity contribution is -0.120. The van der Waals surface area contributed by atoms with Gasteiger partial charge >= 0.3 is 0 Å². The fourth-order valence-electron chi connectivity index (χ4n) is 3.12. The third kappa shape index (κ3) is 4.79. The number of hydrogen-bond donors (Lipinski definition) is 1. The van der Waals surface area contributed by atoms with Crippen LogP contribution in [0.25, 0.3) is 21.0 Å². The van der Waals surface area contributed by atoms with Gasteiger partial charge in [-0.3, -0.25) is 4.79 Å². The van der Waals surface area contributed by atoms with E-state index < -0.39 is 0 Å². The van der Waals surface area contributed by atoms with Crippen molar-refractivity contribution in [2.24, 2.45) is 0 Å². The first-order valence-corrected chi connectivity index (χ1v) is 10.4. The highest BCUT2D eigenvalue weighted by atomic mass is 32.1. The number of carbonyl (C=O) groups excluding carboxylic acids is 1. The van der Waals surface area contributed by atoms with E-state index in [2.05, 4.69) is 48.6 Å². The summed E-state index contributed by atoms with van der Waals surface area (Å²) in [5.74, 6) is -0.0212. The van der Waals surface area contributed by atoms with Gasteiger partial charge in [0.25, 0.3) is 0 Å². The molecule has 0 saturated carbocycles. The average Bonchev–Trinajstić information content (AvgIpc) is 3.18. The van der Waals surface area contributed by atoms with Gasteiger partial charge in [0.05, 0.1) is 17.0 Å². The van der Waals surface area contributed by atoms with Crippen LogP contribution in [0.5, 0.6) is 0 Å². The van der Waals surface area contributed by atoms with Crippen LogP contribution in [0.4, 0.5) is 0 Å². The molecular weight excluding hydrogens is 376 g/mol. The molecule has 0 bridgehead atoms. The number of thiazole rings is 1. The van der Waals surface area contributed by atoms with Crippen LogP contribution in [-0.4, -0.2) is 10.9 Å². The van der Waals surface area contributed by atoms with E-state index in [0.29, 0.717) is 6.54 Å². The largest absolute Gasteiger partial charge is 0.352 e. The minimum atomic E-state index is -0.0212. The number of amides is 1. The molecule has 4 heteroatoms. The molecule has 1 amide bonds. The van der Waals surface area contributed by atoms with E-state index in [9.17, 15) is 4.79 Å². The van der Waals surface area contributed by atoms with Crippen LogP contribution in [0.1, 0.15) is 16.8 Å². The Balaban J connectivity index is 1.59. The van der Waals surface area contributed by atoms with Crippen molar-refractivity contribution in [2.75, 3.05) is 0 Å². The first-order chi connectivity index (χ1) is 14.2. The summed E-state index contributed by atoms with van der Waals surface area (Å²) >= 11 is 1.64. The summed E-state index contributed by atoms with van der Waals surface area (Å²) in [5.41, 5.74) is 5.29. The molecule has 0 atom stereocenters. The fourth-order valence-corrected chi connectivity index (χ4v) is 4.21. The highest BCUT2D eigenvalue weighted by Crippen LogP contribution is 2.35. The van der Waals surface area contributed by atoms with Gasteiger partial charge in [-0.2, -0.15) is 0 Å². The molecule has 1 heterocycles. The van der Waals surface area contributed by atoms with Crippen LogP contribution < -0.4 is 5.32 Å². The van der Waals surface area contributed by atoms with Crippen molar-refractivity contribution in [3.63, 3.8) is 0 Å². The van der Waals surface area contributed by atoms with E-state index in [4.69, 9.17) is 4.98 Å². The molecule has 29 heavy (non-hydrogen) atoms. The van der Waals surface area contributed by atoms with Crippen LogP contribution >= 0.6 is 11.3 Å². The van der Waals surface area contributed by atoms with Gasteiger partial charge in [0.1, 0.15) is 5.01 Å². The number of aryl methyl sites for hydroxylation is 1. The maximum Gasteiger partial charge on any atom is 0.226 e. The van der Waals surface area contributed by atoms with Gasteiger partial charge < -0.3 is 5.32 Å². The molecule has 4 rings (SSSR count). The van der Waals surface area contributed by atoms with Gasteiger partial charge in [-0.1, -0.05) is 90.5 Å². The van der Waals surface area contributed by atoms with Gasteiger partial charge in [0.2, 0.25) is 5.91 Å². The average molecular weight is 399 g/mol. The molecule has 0 spiro atoms. The standard InChI is InChI=1S/C25H22N2OS/c1-18-12-14-20(15-13-18)24-22(27-25(29-24)21-10-6-3-7-11-21)16-23(28)26-17-19-8-4-2-5-9-19/h2-15H,16-17H2,1H3,(H,26,28). The molecule has 0 radical (unpaired) electrons. The third-order valence-corrected chi connectivity index (χ3v) is 5.89. The number of aromatic nitrogens is 1. The molecule has 0 fully saturated rings. The van der Waals surface area contributed by atoms with Crippen molar-refractivity contribution in [3.05, 3.63) is 102 Å². The molecule has 0 aliphatic heterocycles. The quantitative estimate of drug-likeness (QED) is 0.456. The maximum atomic E-state index is 12.6. The molecule has 0 saturated heterocycles. The highest BCUT2D eigenvalue weighted by Gasteiger charge is 2.17. The smallest absolute Gasteiger partial charge is 0.226 e. The van der Waals surface area contributed by atoms with Gasteiger partial charge in [0.15, 0.2) is 0 Å². The van der Waals surface area contributed by atoms with Crippen LogP contribution in [-0.2, 0) is 17.8 Å². The minimum Gasteiger partial charge on any atom is -0.352 e. The number of nitrogens with zero attached hydrogens (tertiary/aromatic N) is 1. The zero-order chi connectivity index (χ0) is 20.1. The van der Waals surface area contributed by atoms with E-state index in [-0.39, 0.29) is 12.3 Å². The topological polar surface area (TPSA) is 42.0 Å². The number of hydrogen-bond acceptors (Lipinski definition) is 3. The first-order valence-electron chi connectivity index (χ1n) is 9.62. The van der Waals surface area contributed by atoms with Crippen molar-refractivity contribution in [1.29, 1.82) is 0 Å². The first kappa shape index (κ1) is 19.1. The second kappa shape index (κ2) is 8.84. The molecule has 0 aliphatic carbocycles. The number of nitrogens with one attached hydrogen (secondary N) is 1. The fraction of sp³-hybridized carbons (Fsp3) is 0.120. The van der Waals surface area contributed by atoms with Crippen LogP contribution in [0.2, 0.25) is 0 Å². The minimum absolute atomic E-state index is 0.0212. The number of rotatable bonds is 6. The zero-order valence-corrected chi connectivity index (χ0v) is 17.1. The van der Waals surface area contributed by atoms with Crippen molar-refractivity contribution in [1.82, 2.24) is 10.3 Å². The van der Waals surface area contributed by atoms with Crippen LogP contribution in [0, 0.1) is 6.92 Å². The maximum absolute atomic E-state index is 12.6. The molecule has 1 aromatic heterocycles. The van der Waals surface area contributed by atoms with Gasteiger partial charge in [-0.15, -0.1) is 11.3 Å². The SMILES string of the molecule is Cc1ccc(-c2sc(-c3ccccc3)nc2CC(=O)NCc2ccccc2)cc1. The summed E-state index contributed by atoms with van der Waals surface area (Å²) in [5, 5.41) is 3.95. The molecular formula is C25H22N2OS. The lowest BCUT2D eigenvalue weighted by Gasteiger charge is -2.06. The second-order valence-corrected chi connectivity index (χ2v) is 7.97. The molecule has 0 aliphatic rings. The Bertz CT molecular complexity index is 1090. The lowest BCUT2D eigenvalue weighted by atomic mass is 10.1. The van der Waals surface area contributed by atoms with Gasteiger partial charge in [0, 0.05) is 12.1 Å². The number of carbonyl (C=O) groups is 1. The summed E-state index contributed by atoms with van der Waals surface area (Å²) in [6, 6.07) is 28.4. The Morgan fingerprint density at radius 3 is 2.21 bits per heavy atom. The Morgan fingerprint density at radius 2 is 1.52 bits per heavy atom. The van der Waals surface area contributed by atoms with Crippen LogP contribution in [0.3, 0.4) is 0 Å². The molecule has 1 N–H and O–H groups in total. The monoisotopic (exact) mass is 398 g/mol. The summed E-state index contributed by atoms with van der Waals surface area (Å²) in [4.78, 5) is 18.5. The summed E-state index contributed by atoms with van der Waals surface area (Å²) in [6.45, 7) is 2.60. The Hall–Kier alpha value is -3.24. The Labute approximate surface area is 175 Å². The molecule has 144 valence electrons. The van der Waals surface area contributed by atoms with Gasteiger partial charge in [-0.25, -0.2) is 4.98 Å². The van der Waals surface area contributed by atoms with Gasteiger partial charge in [-0.05, 0) is 18.1 Å². The predicted molar refractivity (Wildman–Crippen MR) is 120 cm³/mol. The highest BCUT2D eigenvalue weighted by molar-refractivity contribution is 7.18. The Kier molecular flexibility index (Phi) is 5.82. The molecule has 0 unspecified atom stereocenters. The van der Waals surface area contributed by atoms with Crippen LogP contribution in [0.15, 0.2) is 84.9 Å². The molecule has 4 aromatic rings. The van der Waals surface area contributed by atoms with E-state index in [0.717, 1.165) is 32.3 Å². The van der Waals surface area contributed by atoms with Crippen molar-refractivity contribution >= 4 is 17.2 Å². The second-order valence-electron chi connectivity index (χ2n) is 6.97.